The van der Waals surface area contributed by atoms with Crippen molar-refractivity contribution in [2.75, 3.05) is 17.7 Å². The molecule has 3 aromatic rings. The molecular formula is C27H28N4S2. The van der Waals surface area contributed by atoms with Gasteiger partial charge in [-0.2, -0.15) is 5.10 Å². The lowest BCUT2D eigenvalue weighted by atomic mass is 9.95. The van der Waals surface area contributed by atoms with Crippen LogP contribution in [0.1, 0.15) is 22.2 Å². The molecule has 2 aromatic carbocycles. The van der Waals surface area contributed by atoms with Gasteiger partial charge >= 0.3 is 0 Å². The topological polar surface area (TPSA) is 48.5 Å². The number of thiophene rings is 1. The minimum atomic E-state index is 0.799. The highest BCUT2D eigenvalue weighted by molar-refractivity contribution is 8.02. The summed E-state index contributed by atoms with van der Waals surface area (Å²) in [6, 6.07) is 21.2. The van der Waals surface area contributed by atoms with Crippen molar-refractivity contribution >= 4 is 40.2 Å². The normalized spacial score (nSPS) is 13.9. The van der Waals surface area contributed by atoms with Gasteiger partial charge in [0, 0.05) is 34.4 Å². The van der Waals surface area contributed by atoms with E-state index >= 15 is 0 Å². The Labute approximate surface area is 204 Å². The van der Waals surface area contributed by atoms with E-state index in [1.54, 1.807) is 29.3 Å². The highest BCUT2D eigenvalue weighted by Crippen LogP contribution is 2.39. The number of rotatable bonds is 8. The number of allylic oxidation sites excluding steroid dienone is 2. The second-order valence-corrected chi connectivity index (χ2v) is 9.90. The minimum Gasteiger partial charge on any atom is -0.388 e. The predicted octanol–water partition coefficient (Wildman–Crippen LogP) is 7.15. The highest BCUT2D eigenvalue weighted by Gasteiger charge is 2.20. The van der Waals surface area contributed by atoms with Gasteiger partial charge in [-0.05, 0) is 72.7 Å². The SMILES string of the molecule is C=CN/N=C(\C(C)=C(/Cc1ccccc1)C1=CSc2cc(NC)ccc2N1)c1ccc(C)s1. The molecule has 1 aromatic heterocycles. The van der Waals surface area contributed by atoms with E-state index in [-0.39, 0.29) is 0 Å². The van der Waals surface area contributed by atoms with Gasteiger partial charge in [-0.15, -0.1) is 11.3 Å². The number of hydrogen-bond donors (Lipinski definition) is 3. The Bertz CT molecular complexity index is 1240. The lowest BCUT2D eigenvalue weighted by molar-refractivity contribution is 0.969. The predicted molar refractivity (Wildman–Crippen MR) is 145 cm³/mol. The molecule has 4 rings (SSSR count). The largest absolute Gasteiger partial charge is 0.388 e. The zero-order valence-corrected chi connectivity index (χ0v) is 20.7. The minimum absolute atomic E-state index is 0.799. The van der Waals surface area contributed by atoms with E-state index in [0.717, 1.165) is 39.7 Å². The van der Waals surface area contributed by atoms with Gasteiger partial charge < -0.3 is 10.6 Å². The number of nitrogens with one attached hydrogen (secondary N) is 3. The fourth-order valence-electron chi connectivity index (χ4n) is 3.69. The van der Waals surface area contributed by atoms with Crippen LogP contribution in [-0.2, 0) is 6.42 Å². The number of hydrazone groups is 1. The van der Waals surface area contributed by atoms with Crippen LogP contribution in [-0.4, -0.2) is 12.8 Å². The van der Waals surface area contributed by atoms with Crippen molar-refractivity contribution in [3.8, 4) is 0 Å². The molecule has 0 radical (unpaired) electrons. The number of thioether (sulfide) groups is 1. The van der Waals surface area contributed by atoms with Crippen LogP contribution < -0.4 is 16.1 Å². The van der Waals surface area contributed by atoms with Gasteiger partial charge in [-0.25, -0.2) is 0 Å². The fourth-order valence-corrected chi connectivity index (χ4v) is 5.49. The van der Waals surface area contributed by atoms with E-state index < -0.39 is 0 Å². The third-order valence-electron chi connectivity index (χ3n) is 5.44. The molecule has 0 unspecified atom stereocenters. The highest BCUT2D eigenvalue weighted by atomic mass is 32.2. The summed E-state index contributed by atoms with van der Waals surface area (Å²) in [5, 5.41) is 13.8. The van der Waals surface area contributed by atoms with Crippen molar-refractivity contribution in [1.82, 2.24) is 5.43 Å². The first-order chi connectivity index (χ1) is 16.1. The standard InChI is InChI=1S/C27H28N4S2/c1-5-29-31-27(25-14-11-18(2)33-25)19(3)22(15-20-9-7-6-8-10-20)24-17-32-26-16-21(28-4)12-13-23(26)30-24/h5-14,16-17,28-30H,1,15H2,2-4H3/b22-19+,31-27+. The van der Waals surface area contributed by atoms with Gasteiger partial charge in [-0.1, -0.05) is 48.7 Å². The lowest BCUT2D eigenvalue weighted by Crippen LogP contribution is -2.15. The summed E-state index contributed by atoms with van der Waals surface area (Å²) >= 11 is 3.49. The molecule has 6 heteroatoms. The van der Waals surface area contributed by atoms with Crippen molar-refractivity contribution in [3.63, 3.8) is 0 Å². The third-order valence-corrected chi connectivity index (χ3v) is 7.39. The molecular weight excluding hydrogens is 444 g/mol. The number of nitrogens with zero attached hydrogens (tertiary/aromatic N) is 1. The number of anilines is 2. The molecule has 0 amide bonds. The van der Waals surface area contributed by atoms with Crippen LogP contribution >= 0.6 is 23.1 Å². The molecule has 3 N–H and O–H groups in total. The summed E-state index contributed by atoms with van der Waals surface area (Å²) in [5.41, 5.74) is 10.8. The maximum Gasteiger partial charge on any atom is 0.104 e. The zero-order valence-electron chi connectivity index (χ0n) is 19.1. The maximum atomic E-state index is 4.68. The molecule has 33 heavy (non-hydrogen) atoms. The average molecular weight is 473 g/mol. The van der Waals surface area contributed by atoms with Crippen molar-refractivity contribution in [3.05, 3.63) is 111 Å². The van der Waals surface area contributed by atoms with Crippen molar-refractivity contribution in [2.24, 2.45) is 5.10 Å². The summed E-state index contributed by atoms with van der Waals surface area (Å²) in [4.78, 5) is 3.60. The van der Waals surface area contributed by atoms with Crippen molar-refractivity contribution < 1.29 is 0 Å². The van der Waals surface area contributed by atoms with E-state index in [9.17, 15) is 0 Å². The molecule has 2 heterocycles. The summed E-state index contributed by atoms with van der Waals surface area (Å²) in [5.74, 6) is 0. The Balaban J connectivity index is 1.79. The molecule has 0 fully saturated rings. The molecule has 0 bridgehead atoms. The average Bonchev–Trinajstić information content (AvgIpc) is 3.28. The molecule has 0 aliphatic carbocycles. The van der Waals surface area contributed by atoms with Gasteiger partial charge in [0.1, 0.15) is 5.71 Å². The van der Waals surface area contributed by atoms with Crippen LogP contribution in [0.4, 0.5) is 11.4 Å². The summed E-state index contributed by atoms with van der Waals surface area (Å²) in [6.07, 6.45) is 2.40. The Morgan fingerprint density at radius 2 is 1.94 bits per heavy atom. The monoisotopic (exact) mass is 472 g/mol. The van der Waals surface area contributed by atoms with Gasteiger partial charge in [0.15, 0.2) is 0 Å². The first-order valence-corrected chi connectivity index (χ1v) is 12.5. The number of aryl methyl sites for hydroxylation is 1. The van der Waals surface area contributed by atoms with Crippen LogP contribution in [0.2, 0.25) is 0 Å². The number of fused-ring (bicyclic) bond motifs is 1. The van der Waals surface area contributed by atoms with Crippen LogP contribution in [0.25, 0.3) is 0 Å². The van der Waals surface area contributed by atoms with Gasteiger partial charge in [0.25, 0.3) is 0 Å². The van der Waals surface area contributed by atoms with E-state index in [4.69, 9.17) is 0 Å². The maximum absolute atomic E-state index is 4.68. The second kappa shape index (κ2) is 10.6. The molecule has 0 spiro atoms. The molecule has 0 saturated heterocycles. The van der Waals surface area contributed by atoms with E-state index in [2.05, 4.69) is 108 Å². The Morgan fingerprint density at radius 3 is 2.64 bits per heavy atom. The van der Waals surface area contributed by atoms with Crippen LogP contribution in [0.3, 0.4) is 0 Å². The van der Waals surface area contributed by atoms with Crippen LogP contribution in [0, 0.1) is 6.92 Å². The quantitative estimate of drug-likeness (QED) is 0.241. The first kappa shape index (κ1) is 23.0. The van der Waals surface area contributed by atoms with Crippen molar-refractivity contribution in [2.45, 2.75) is 25.2 Å². The Kier molecular flexibility index (Phi) is 7.37. The third kappa shape index (κ3) is 5.41. The molecule has 0 saturated carbocycles. The summed E-state index contributed by atoms with van der Waals surface area (Å²) in [7, 11) is 1.94. The lowest BCUT2D eigenvalue weighted by Gasteiger charge is -2.24. The molecule has 168 valence electrons. The first-order valence-electron chi connectivity index (χ1n) is 10.8. The molecule has 1 aliphatic heterocycles. The fraction of sp³-hybridized carbons (Fsp3) is 0.148. The number of hydrogen-bond acceptors (Lipinski definition) is 6. The van der Waals surface area contributed by atoms with E-state index in [1.807, 2.05) is 7.05 Å². The van der Waals surface area contributed by atoms with Gasteiger partial charge in [0.2, 0.25) is 0 Å². The summed E-state index contributed by atoms with van der Waals surface area (Å²) in [6.45, 7) is 8.05. The van der Waals surface area contributed by atoms with Crippen molar-refractivity contribution in [1.29, 1.82) is 0 Å². The molecule has 4 nitrogen and oxygen atoms in total. The van der Waals surface area contributed by atoms with Gasteiger partial charge in [-0.3, -0.25) is 5.43 Å². The van der Waals surface area contributed by atoms with Crippen LogP contribution in [0.15, 0.2) is 106 Å². The van der Waals surface area contributed by atoms with Crippen LogP contribution in [0.5, 0.6) is 0 Å². The molecule has 0 atom stereocenters. The smallest absolute Gasteiger partial charge is 0.104 e. The van der Waals surface area contributed by atoms with E-state index in [1.165, 1.54) is 20.9 Å². The van der Waals surface area contributed by atoms with E-state index in [0.29, 0.717) is 0 Å². The Morgan fingerprint density at radius 1 is 1.12 bits per heavy atom. The molecule has 1 aliphatic rings. The zero-order chi connectivity index (χ0) is 23.2. The number of benzene rings is 2. The summed E-state index contributed by atoms with van der Waals surface area (Å²) < 4.78 is 0. The van der Waals surface area contributed by atoms with Gasteiger partial charge in [0.05, 0.1) is 10.6 Å². The Hall–Kier alpha value is -3.22. The second-order valence-electron chi connectivity index (χ2n) is 7.71.